The van der Waals surface area contributed by atoms with Crippen LogP contribution in [0, 0.1) is 12.7 Å². The lowest BCUT2D eigenvalue weighted by molar-refractivity contribution is 0.0947. The van der Waals surface area contributed by atoms with E-state index in [2.05, 4.69) is 14.9 Å². The first-order chi connectivity index (χ1) is 10.6. The molecule has 4 nitrogen and oxygen atoms in total. The fourth-order valence-corrected chi connectivity index (χ4v) is 3.43. The maximum absolute atomic E-state index is 13.1. The smallest absolute Gasteiger partial charge is 0.265 e. The third-order valence-corrected chi connectivity index (χ3v) is 4.93. The van der Waals surface area contributed by atoms with Crippen molar-refractivity contribution in [2.24, 2.45) is 0 Å². The first-order valence-corrected chi connectivity index (χ1v) is 8.19. The topological polar surface area (TPSA) is 54.9 Å². The van der Waals surface area contributed by atoms with Crippen LogP contribution in [0.2, 0.25) is 0 Å². The second-order valence-corrected chi connectivity index (χ2v) is 6.39. The Kier molecular flexibility index (Phi) is 4.26. The Labute approximate surface area is 134 Å². The number of thiophene rings is 1. The van der Waals surface area contributed by atoms with Crippen LogP contribution >= 0.6 is 22.9 Å². The fourth-order valence-electron chi connectivity index (χ4n) is 2.07. The Morgan fingerprint density at radius 1 is 1.27 bits per heavy atom. The lowest BCUT2D eigenvalue weighted by Gasteiger charge is -2.17. The summed E-state index contributed by atoms with van der Waals surface area (Å²) in [4.78, 5) is 13.9. The normalized spacial score (nSPS) is 12.1. The summed E-state index contributed by atoms with van der Waals surface area (Å²) in [5.41, 5.74) is 1.43. The van der Waals surface area contributed by atoms with Gasteiger partial charge >= 0.3 is 0 Å². The van der Waals surface area contributed by atoms with E-state index in [0.29, 0.717) is 10.6 Å². The molecule has 3 rings (SSSR count). The van der Waals surface area contributed by atoms with Crippen molar-refractivity contribution >= 4 is 28.8 Å². The molecule has 1 atom stereocenters. The minimum atomic E-state index is -0.324. The van der Waals surface area contributed by atoms with Gasteiger partial charge in [0, 0.05) is 4.88 Å². The van der Waals surface area contributed by atoms with Crippen molar-refractivity contribution in [1.29, 1.82) is 0 Å². The molecule has 1 aromatic carbocycles. The number of rotatable bonds is 4. The average Bonchev–Trinajstić information content (AvgIpc) is 3.17. The predicted octanol–water partition coefficient (Wildman–Crippen LogP) is 3.57. The van der Waals surface area contributed by atoms with E-state index in [0.717, 1.165) is 22.0 Å². The van der Waals surface area contributed by atoms with Crippen molar-refractivity contribution in [2.45, 2.75) is 13.0 Å². The van der Waals surface area contributed by atoms with Crippen LogP contribution in [0.1, 0.15) is 31.8 Å². The van der Waals surface area contributed by atoms with Gasteiger partial charge in [0.15, 0.2) is 0 Å². The van der Waals surface area contributed by atoms with Gasteiger partial charge in [0.25, 0.3) is 5.91 Å². The van der Waals surface area contributed by atoms with Gasteiger partial charge in [-0.15, -0.1) is 16.4 Å². The van der Waals surface area contributed by atoms with E-state index in [1.54, 1.807) is 19.1 Å². The summed E-state index contributed by atoms with van der Waals surface area (Å²) >= 11 is 2.60. The highest BCUT2D eigenvalue weighted by Gasteiger charge is 2.21. The number of carbonyl (C=O) groups is 1. The molecule has 0 aliphatic heterocycles. The minimum Gasteiger partial charge on any atom is -0.339 e. The number of carbonyl (C=O) groups excluding carboxylic acids is 1. The highest BCUT2D eigenvalue weighted by Crippen LogP contribution is 2.27. The number of hydrogen-bond donors (Lipinski definition) is 1. The van der Waals surface area contributed by atoms with Crippen LogP contribution in [0.25, 0.3) is 0 Å². The van der Waals surface area contributed by atoms with Crippen molar-refractivity contribution in [1.82, 2.24) is 14.9 Å². The Morgan fingerprint density at radius 2 is 2.05 bits per heavy atom. The van der Waals surface area contributed by atoms with Gasteiger partial charge in [0.1, 0.15) is 10.7 Å². The molecule has 3 aromatic rings. The zero-order valence-electron chi connectivity index (χ0n) is 11.6. The molecule has 0 radical (unpaired) electrons. The van der Waals surface area contributed by atoms with Gasteiger partial charge in [-0.25, -0.2) is 4.39 Å². The standard InChI is InChI=1S/C15H12FN3OS2/c1-9-14(22-19-18-9)15(20)17-13(12-3-2-8-21-12)10-4-6-11(16)7-5-10/h2-8,13H,1H3,(H,17,20)/t13-/m0/s1. The summed E-state index contributed by atoms with van der Waals surface area (Å²) < 4.78 is 16.9. The number of aryl methyl sites for hydroxylation is 1. The fraction of sp³-hybridized carbons (Fsp3) is 0.133. The number of amides is 1. The molecule has 0 unspecified atom stereocenters. The van der Waals surface area contributed by atoms with Crippen LogP contribution in [0.3, 0.4) is 0 Å². The number of hydrogen-bond acceptors (Lipinski definition) is 5. The van der Waals surface area contributed by atoms with Crippen LogP contribution in [0.4, 0.5) is 4.39 Å². The molecular formula is C15H12FN3OS2. The zero-order chi connectivity index (χ0) is 15.5. The SMILES string of the molecule is Cc1nnsc1C(=O)N[C@@H](c1ccc(F)cc1)c1cccs1. The molecule has 0 aliphatic carbocycles. The Morgan fingerprint density at radius 3 is 2.64 bits per heavy atom. The van der Waals surface area contributed by atoms with Gasteiger partial charge in [0.05, 0.1) is 11.7 Å². The third kappa shape index (κ3) is 3.05. The summed E-state index contributed by atoms with van der Waals surface area (Å²) in [6.45, 7) is 1.75. The second-order valence-electron chi connectivity index (χ2n) is 4.66. The first kappa shape index (κ1) is 14.8. The highest BCUT2D eigenvalue weighted by molar-refractivity contribution is 7.10. The third-order valence-electron chi connectivity index (χ3n) is 3.16. The van der Waals surface area contributed by atoms with E-state index in [1.165, 1.54) is 23.5 Å². The molecule has 0 saturated carbocycles. The number of aromatic nitrogens is 2. The average molecular weight is 333 g/mol. The molecule has 0 saturated heterocycles. The lowest BCUT2D eigenvalue weighted by atomic mass is 10.1. The van der Waals surface area contributed by atoms with E-state index in [1.807, 2.05) is 17.5 Å². The predicted molar refractivity (Wildman–Crippen MR) is 84.7 cm³/mol. The molecule has 7 heteroatoms. The van der Waals surface area contributed by atoms with Gasteiger partial charge < -0.3 is 5.32 Å². The largest absolute Gasteiger partial charge is 0.339 e. The first-order valence-electron chi connectivity index (χ1n) is 6.54. The Hall–Kier alpha value is -2.12. The van der Waals surface area contributed by atoms with Crippen LogP contribution in [-0.2, 0) is 0 Å². The molecule has 22 heavy (non-hydrogen) atoms. The molecule has 0 bridgehead atoms. The van der Waals surface area contributed by atoms with Crippen LogP contribution < -0.4 is 5.32 Å². The van der Waals surface area contributed by atoms with Crippen LogP contribution in [0.15, 0.2) is 41.8 Å². The summed E-state index contributed by atoms with van der Waals surface area (Å²) in [6, 6.07) is 9.67. The summed E-state index contributed by atoms with van der Waals surface area (Å²) in [5, 5.41) is 8.77. The summed E-state index contributed by atoms with van der Waals surface area (Å²) in [7, 11) is 0. The summed E-state index contributed by atoms with van der Waals surface area (Å²) in [6.07, 6.45) is 0. The minimum absolute atomic E-state index is 0.227. The molecule has 1 N–H and O–H groups in total. The maximum Gasteiger partial charge on any atom is 0.265 e. The van der Waals surface area contributed by atoms with Crippen molar-refractivity contribution in [2.75, 3.05) is 0 Å². The van der Waals surface area contributed by atoms with Gasteiger partial charge in [0.2, 0.25) is 0 Å². The van der Waals surface area contributed by atoms with Crippen molar-refractivity contribution in [3.63, 3.8) is 0 Å². The number of nitrogens with zero attached hydrogens (tertiary/aromatic N) is 2. The monoisotopic (exact) mass is 333 g/mol. The quantitative estimate of drug-likeness (QED) is 0.794. The molecule has 0 spiro atoms. The van der Waals surface area contributed by atoms with Crippen molar-refractivity contribution in [3.8, 4) is 0 Å². The van der Waals surface area contributed by atoms with Gasteiger partial charge in [-0.05, 0) is 47.6 Å². The molecule has 0 aliphatic rings. The van der Waals surface area contributed by atoms with E-state index in [4.69, 9.17) is 0 Å². The van der Waals surface area contributed by atoms with E-state index in [-0.39, 0.29) is 17.8 Å². The molecule has 0 fully saturated rings. The van der Waals surface area contributed by atoms with Crippen molar-refractivity contribution < 1.29 is 9.18 Å². The van der Waals surface area contributed by atoms with E-state index >= 15 is 0 Å². The van der Waals surface area contributed by atoms with Crippen LogP contribution in [0.5, 0.6) is 0 Å². The second kappa shape index (κ2) is 6.33. The molecule has 2 heterocycles. The van der Waals surface area contributed by atoms with Crippen LogP contribution in [-0.4, -0.2) is 15.5 Å². The Balaban J connectivity index is 1.91. The Bertz CT molecular complexity index is 768. The highest BCUT2D eigenvalue weighted by atomic mass is 32.1. The molecule has 1 amide bonds. The molecule has 2 aromatic heterocycles. The number of nitrogens with one attached hydrogen (secondary N) is 1. The van der Waals surface area contributed by atoms with Gasteiger partial charge in [-0.2, -0.15) is 0 Å². The zero-order valence-corrected chi connectivity index (χ0v) is 13.2. The van der Waals surface area contributed by atoms with Gasteiger partial charge in [-0.3, -0.25) is 4.79 Å². The summed E-state index contributed by atoms with van der Waals surface area (Å²) in [5.74, 6) is -0.530. The van der Waals surface area contributed by atoms with Gasteiger partial charge in [-0.1, -0.05) is 22.7 Å². The molecule has 112 valence electrons. The van der Waals surface area contributed by atoms with Crippen molar-refractivity contribution in [3.05, 3.63) is 68.6 Å². The number of halogens is 1. The lowest BCUT2D eigenvalue weighted by Crippen LogP contribution is -2.28. The molecular weight excluding hydrogens is 321 g/mol. The van der Waals surface area contributed by atoms with E-state index in [9.17, 15) is 9.18 Å². The van der Waals surface area contributed by atoms with E-state index < -0.39 is 0 Å². The maximum atomic E-state index is 13.1. The number of benzene rings is 1.